The molecule has 0 amide bonds. The SMILES string of the molecule is CCc1cc(SCC=C(c2ccc(Br)cc2)c2ccc(Br)cc2)ccc1OCC(=O)OC. The van der Waals surface area contributed by atoms with E-state index in [1.165, 1.54) is 23.8 Å². The van der Waals surface area contributed by atoms with Gasteiger partial charge in [-0.15, -0.1) is 11.8 Å². The molecule has 3 aromatic rings. The Labute approximate surface area is 210 Å². The molecular formula is C26H24Br2O3S. The number of hydrogen-bond donors (Lipinski definition) is 0. The van der Waals surface area contributed by atoms with Crippen LogP contribution >= 0.6 is 43.6 Å². The van der Waals surface area contributed by atoms with E-state index in [-0.39, 0.29) is 12.6 Å². The van der Waals surface area contributed by atoms with E-state index in [0.717, 1.165) is 37.3 Å². The van der Waals surface area contributed by atoms with Crippen LogP contribution in [0.25, 0.3) is 5.57 Å². The number of esters is 1. The van der Waals surface area contributed by atoms with Gasteiger partial charge in [0.25, 0.3) is 0 Å². The van der Waals surface area contributed by atoms with Gasteiger partial charge < -0.3 is 9.47 Å². The predicted molar refractivity (Wildman–Crippen MR) is 139 cm³/mol. The zero-order valence-corrected chi connectivity index (χ0v) is 21.9. The lowest BCUT2D eigenvalue weighted by molar-refractivity contribution is -0.142. The lowest BCUT2D eigenvalue weighted by atomic mass is 9.98. The number of carbonyl (C=O) groups is 1. The summed E-state index contributed by atoms with van der Waals surface area (Å²) in [5, 5.41) is 0. The highest BCUT2D eigenvalue weighted by Crippen LogP contribution is 2.30. The second-order valence-corrected chi connectivity index (χ2v) is 9.86. The molecule has 0 aromatic heterocycles. The molecule has 0 saturated heterocycles. The maximum absolute atomic E-state index is 11.4. The minimum Gasteiger partial charge on any atom is -0.482 e. The van der Waals surface area contributed by atoms with E-state index in [9.17, 15) is 4.79 Å². The van der Waals surface area contributed by atoms with Crippen molar-refractivity contribution in [2.45, 2.75) is 18.2 Å². The van der Waals surface area contributed by atoms with E-state index >= 15 is 0 Å². The van der Waals surface area contributed by atoms with Gasteiger partial charge in [0.2, 0.25) is 0 Å². The van der Waals surface area contributed by atoms with Crippen molar-refractivity contribution in [1.82, 2.24) is 0 Å². The fourth-order valence-electron chi connectivity index (χ4n) is 3.14. The van der Waals surface area contributed by atoms with Crippen LogP contribution < -0.4 is 4.74 Å². The number of halogens is 2. The summed E-state index contributed by atoms with van der Waals surface area (Å²) in [4.78, 5) is 12.5. The first kappa shape index (κ1) is 24.6. The molecule has 0 aliphatic rings. The average Bonchev–Trinajstić information content (AvgIpc) is 2.82. The number of carbonyl (C=O) groups excluding carboxylic acids is 1. The maximum atomic E-state index is 11.4. The van der Waals surface area contributed by atoms with Crippen molar-refractivity contribution in [1.29, 1.82) is 0 Å². The Morgan fingerprint density at radius 1 is 0.938 bits per heavy atom. The molecule has 0 fully saturated rings. The Bertz CT molecular complexity index is 1030. The van der Waals surface area contributed by atoms with Crippen molar-refractivity contribution >= 4 is 55.2 Å². The quantitative estimate of drug-likeness (QED) is 0.195. The molecule has 0 saturated carbocycles. The van der Waals surface area contributed by atoms with Crippen LogP contribution in [0.4, 0.5) is 0 Å². The zero-order chi connectivity index (χ0) is 22.9. The zero-order valence-electron chi connectivity index (χ0n) is 17.9. The van der Waals surface area contributed by atoms with Gasteiger partial charge in [0.05, 0.1) is 7.11 Å². The number of aryl methyl sites for hydroxylation is 1. The van der Waals surface area contributed by atoms with Gasteiger partial charge in [-0.3, -0.25) is 0 Å². The molecule has 0 atom stereocenters. The largest absolute Gasteiger partial charge is 0.482 e. The minimum absolute atomic E-state index is 0.0809. The lowest BCUT2D eigenvalue weighted by Crippen LogP contribution is -2.13. The monoisotopic (exact) mass is 574 g/mol. The molecule has 0 aliphatic heterocycles. The second kappa shape index (κ2) is 12.3. The number of rotatable bonds is 9. The summed E-state index contributed by atoms with van der Waals surface area (Å²) in [5.41, 5.74) is 4.63. The van der Waals surface area contributed by atoms with Crippen LogP contribution in [0.15, 0.2) is 86.6 Å². The molecule has 0 unspecified atom stereocenters. The molecule has 0 heterocycles. The van der Waals surface area contributed by atoms with E-state index in [0.29, 0.717) is 0 Å². The first-order valence-corrected chi connectivity index (χ1v) is 12.7. The van der Waals surface area contributed by atoms with E-state index in [4.69, 9.17) is 4.74 Å². The molecule has 0 radical (unpaired) electrons. The standard InChI is InChI=1S/C26H24Br2O3S/c1-3-18-16-23(12-13-25(18)31-17-26(29)30-2)32-15-14-24(19-4-8-21(27)9-5-19)20-6-10-22(28)11-7-20/h4-14,16H,3,15,17H2,1-2H3. The highest BCUT2D eigenvalue weighted by Gasteiger charge is 2.09. The fraction of sp³-hybridized carbons (Fsp3) is 0.192. The minimum atomic E-state index is -0.385. The first-order chi connectivity index (χ1) is 15.5. The van der Waals surface area contributed by atoms with Crippen molar-refractivity contribution in [3.8, 4) is 5.75 Å². The van der Waals surface area contributed by atoms with Crippen molar-refractivity contribution < 1.29 is 14.3 Å². The second-order valence-electron chi connectivity index (χ2n) is 6.93. The molecule has 0 spiro atoms. The summed E-state index contributed by atoms with van der Waals surface area (Å²) in [6.45, 7) is 2.00. The topological polar surface area (TPSA) is 35.5 Å². The van der Waals surface area contributed by atoms with E-state index in [1.54, 1.807) is 11.8 Å². The van der Waals surface area contributed by atoms with Crippen LogP contribution in [0, 0.1) is 0 Å². The summed E-state index contributed by atoms with van der Waals surface area (Å²) in [7, 11) is 1.36. The Balaban J connectivity index is 1.77. The van der Waals surface area contributed by atoms with Gasteiger partial charge in [0.1, 0.15) is 5.75 Å². The molecule has 3 rings (SSSR count). The third-order valence-electron chi connectivity index (χ3n) is 4.83. The van der Waals surface area contributed by atoms with Crippen LogP contribution in [0.3, 0.4) is 0 Å². The third kappa shape index (κ3) is 6.99. The summed E-state index contributed by atoms with van der Waals surface area (Å²) < 4.78 is 12.4. The van der Waals surface area contributed by atoms with Gasteiger partial charge in [0, 0.05) is 19.6 Å². The van der Waals surface area contributed by atoms with Crippen LogP contribution in [0.2, 0.25) is 0 Å². The van der Waals surface area contributed by atoms with Gasteiger partial charge in [-0.05, 0) is 71.1 Å². The molecule has 32 heavy (non-hydrogen) atoms. The summed E-state index contributed by atoms with van der Waals surface area (Å²) in [5.74, 6) is 1.17. The molecule has 0 aliphatic carbocycles. The predicted octanol–water partition coefficient (Wildman–Crippen LogP) is 7.55. The highest BCUT2D eigenvalue weighted by atomic mass is 79.9. The third-order valence-corrected chi connectivity index (χ3v) is 6.81. The summed E-state index contributed by atoms with van der Waals surface area (Å²) in [6, 6.07) is 22.9. The first-order valence-electron chi connectivity index (χ1n) is 10.2. The van der Waals surface area contributed by atoms with Crippen LogP contribution in [-0.2, 0) is 16.0 Å². The molecule has 0 N–H and O–H groups in total. The van der Waals surface area contributed by atoms with E-state index in [2.05, 4.69) is 104 Å². The van der Waals surface area contributed by atoms with Crippen molar-refractivity contribution in [2.24, 2.45) is 0 Å². The number of hydrogen-bond acceptors (Lipinski definition) is 4. The van der Waals surface area contributed by atoms with Crippen molar-refractivity contribution in [2.75, 3.05) is 19.5 Å². The van der Waals surface area contributed by atoms with E-state index in [1.807, 2.05) is 12.1 Å². The highest BCUT2D eigenvalue weighted by molar-refractivity contribution is 9.10. The van der Waals surface area contributed by atoms with Gasteiger partial charge in [-0.1, -0.05) is 69.1 Å². The number of methoxy groups -OCH3 is 1. The number of ether oxygens (including phenoxy) is 2. The van der Waals surface area contributed by atoms with Crippen molar-refractivity contribution in [3.05, 3.63) is 98.4 Å². The molecule has 3 nitrogen and oxygen atoms in total. The van der Waals surface area contributed by atoms with Crippen molar-refractivity contribution in [3.63, 3.8) is 0 Å². The molecule has 3 aromatic carbocycles. The van der Waals surface area contributed by atoms with Gasteiger partial charge in [-0.25, -0.2) is 4.79 Å². The summed E-state index contributed by atoms with van der Waals surface area (Å²) >= 11 is 8.81. The summed E-state index contributed by atoms with van der Waals surface area (Å²) in [6.07, 6.45) is 3.09. The van der Waals surface area contributed by atoms with Gasteiger partial charge >= 0.3 is 5.97 Å². The van der Waals surface area contributed by atoms with Gasteiger partial charge in [0.15, 0.2) is 6.61 Å². The molecular weight excluding hydrogens is 552 g/mol. The Morgan fingerprint density at radius 2 is 1.53 bits per heavy atom. The van der Waals surface area contributed by atoms with Crippen LogP contribution in [0.1, 0.15) is 23.6 Å². The Hall–Kier alpha value is -2.02. The molecule has 0 bridgehead atoms. The van der Waals surface area contributed by atoms with E-state index < -0.39 is 0 Å². The molecule has 6 heteroatoms. The Kier molecular flexibility index (Phi) is 9.45. The fourth-order valence-corrected chi connectivity index (χ4v) is 4.50. The number of benzene rings is 3. The van der Waals surface area contributed by atoms with Gasteiger partial charge in [-0.2, -0.15) is 0 Å². The Morgan fingerprint density at radius 3 is 2.06 bits per heavy atom. The number of thioether (sulfide) groups is 1. The van der Waals surface area contributed by atoms with Crippen LogP contribution in [0.5, 0.6) is 5.75 Å². The normalized spacial score (nSPS) is 10.5. The molecule has 166 valence electrons. The lowest BCUT2D eigenvalue weighted by Gasteiger charge is -2.12. The average molecular weight is 576 g/mol. The van der Waals surface area contributed by atoms with Crippen LogP contribution in [-0.4, -0.2) is 25.4 Å². The maximum Gasteiger partial charge on any atom is 0.343 e. The smallest absolute Gasteiger partial charge is 0.343 e.